The van der Waals surface area contributed by atoms with Crippen LogP contribution >= 0.6 is 0 Å². The molecule has 2 nitrogen and oxygen atoms in total. The van der Waals surface area contributed by atoms with Crippen molar-refractivity contribution in [1.82, 2.24) is 9.97 Å². The predicted octanol–water partition coefficient (Wildman–Crippen LogP) is 6.05. The summed E-state index contributed by atoms with van der Waals surface area (Å²) in [5, 5.41) is 0. The van der Waals surface area contributed by atoms with Crippen molar-refractivity contribution in [2.24, 2.45) is 0 Å². The largest absolute Gasteiger partial charge is 0.254 e. The molecule has 3 aromatic rings. The van der Waals surface area contributed by atoms with Crippen LogP contribution in [0.1, 0.15) is 45.0 Å². The number of benzene rings is 1. The van der Waals surface area contributed by atoms with Gasteiger partial charge in [0, 0.05) is 11.4 Å². The molecule has 1 aromatic carbocycles. The zero-order chi connectivity index (χ0) is 18.5. The van der Waals surface area contributed by atoms with Gasteiger partial charge in [0.25, 0.3) is 0 Å². The third kappa shape index (κ3) is 5.00. The van der Waals surface area contributed by atoms with Crippen LogP contribution in [-0.4, -0.2) is 9.97 Å². The summed E-state index contributed by atoms with van der Waals surface area (Å²) in [6, 6.07) is 16.8. The second-order valence-electron chi connectivity index (χ2n) is 6.75. The molecule has 0 fully saturated rings. The highest BCUT2D eigenvalue weighted by molar-refractivity contribution is 5.71. The SMILES string of the molecule is Cc1cc(C)nc(/C=C/c2ccc(/C=C/c3cc(C)cc(C)n3)cc2)c1. The Morgan fingerprint density at radius 2 is 0.923 bits per heavy atom. The first-order valence-corrected chi connectivity index (χ1v) is 8.85. The Labute approximate surface area is 156 Å². The molecule has 0 aliphatic rings. The van der Waals surface area contributed by atoms with Crippen LogP contribution in [0.5, 0.6) is 0 Å². The molecule has 3 rings (SSSR count). The van der Waals surface area contributed by atoms with Crippen LogP contribution in [0.25, 0.3) is 24.3 Å². The molecule has 0 saturated carbocycles. The minimum absolute atomic E-state index is 0.993. The van der Waals surface area contributed by atoms with E-state index >= 15 is 0 Å². The maximum Gasteiger partial charge on any atom is 0.0635 e. The van der Waals surface area contributed by atoms with Gasteiger partial charge in [-0.05, 0) is 86.4 Å². The molecule has 0 radical (unpaired) electrons. The number of hydrogen-bond donors (Lipinski definition) is 0. The standard InChI is InChI=1S/C24H24N2/c1-17-13-19(3)25-23(15-17)11-9-21-5-7-22(8-6-21)10-12-24-16-18(2)14-20(4)26-24/h5-16H,1-4H3/b11-9+,12-10+. The van der Waals surface area contributed by atoms with Crippen molar-refractivity contribution in [2.45, 2.75) is 27.7 Å². The summed E-state index contributed by atoms with van der Waals surface area (Å²) in [7, 11) is 0. The third-order valence-corrected chi connectivity index (χ3v) is 4.06. The molecule has 2 heterocycles. The lowest BCUT2D eigenvalue weighted by atomic mass is 10.1. The third-order valence-electron chi connectivity index (χ3n) is 4.06. The topological polar surface area (TPSA) is 25.8 Å². The molecule has 0 N–H and O–H groups in total. The highest BCUT2D eigenvalue weighted by atomic mass is 14.7. The van der Waals surface area contributed by atoms with Crippen LogP contribution < -0.4 is 0 Å². The lowest BCUT2D eigenvalue weighted by molar-refractivity contribution is 1.16. The Balaban J connectivity index is 1.71. The fourth-order valence-electron chi connectivity index (χ4n) is 3.00. The van der Waals surface area contributed by atoms with E-state index in [0.29, 0.717) is 0 Å². The first-order valence-electron chi connectivity index (χ1n) is 8.85. The molecule has 0 aliphatic heterocycles. The smallest absolute Gasteiger partial charge is 0.0635 e. The minimum atomic E-state index is 0.993. The second kappa shape index (κ2) is 7.92. The molecular formula is C24H24N2. The molecule has 0 atom stereocenters. The van der Waals surface area contributed by atoms with Crippen LogP contribution in [0.3, 0.4) is 0 Å². The summed E-state index contributed by atoms with van der Waals surface area (Å²) in [6.45, 7) is 8.24. The van der Waals surface area contributed by atoms with Crippen LogP contribution in [0.15, 0.2) is 48.5 Å². The highest BCUT2D eigenvalue weighted by Crippen LogP contribution is 2.13. The van der Waals surface area contributed by atoms with E-state index in [2.05, 4.69) is 96.7 Å². The maximum atomic E-state index is 4.54. The van der Waals surface area contributed by atoms with E-state index in [1.165, 1.54) is 11.1 Å². The average Bonchev–Trinajstić information content (AvgIpc) is 2.57. The highest BCUT2D eigenvalue weighted by Gasteiger charge is 1.96. The van der Waals surface area contributed by atoms with Crippen molar-refractivity contribution in [3.8, 4) is 0 Å². The summed E-state index contributed by atoms with van der Waals surface area (Å²) in [6.07, 6.45) is 8.31. The summed E-state index contributed by atoms with van der Waals surface area (Å²) in [5.41, 5.74) is 8.87. The Hall–Kier alpha value is -3.00. The van der Waals surface area contributed by atoms with Crippen molar-refractivity contribution in [3.05, 3.63) is 93.6 Å². The number of aromatic nitrogens is 2. The lowest BCUT2D eigenvalue weighted by Crippen LogP contribution is -1.87. The molecule has 0 saturated heterocycles. The Bertz CT molecular complexity index is 843. The van der Waals surface area contributed by atoms with Crippen molar-refractivity contribution >= 4 is 24.3 Å². The normalized spacial score (nSPS) is 11.5. The molecule has 0 bridgehead atoms. The van der Waals surface area contributed by atoms with Crippen LogP contribution in [-0.2, 0) is 0 Å². The van der Waals surface area contributed by atoms with Gasteiger partial charge in [-0.25, -0.2) is 0 Å². The van der Waals surface area contributed by atoms with E-state index in [1.807, 2.05) is 13.8 Å². The quantitative estimate of drug-likeness (QED) is 0.577. The number of pyridine rings is 2. The summed E-state index contributed by atoms with van der Waals surface area (Å²) in [5.74, 6) is 0. The van der Waals surface area contributed by atoms with Gasteiger partial charge >= 0.3 is 0 Å². The van der Waals surface area contributed by atoms with Crippen LogP contribution in [0, 0.1) is 27.7 Å². The van der Waals surface area contributed by atoms with Crippen LogP contribution in [0.2, 0.25) is 0 Å². The number of aryl methyl sites for hydroxylation is 4. The molecule has 0 unspecified atom stereocenters. The first-order chi connectivity index (χ1) is 12.5. The van der Waals surface area contributed by atoms with Gasteiger partial charge in [0.05, 0.1) is 11.4 Å². The molecule has 0 aliphatic carbocycles. The van der Waals surface area contributed by atoms with Gasteiger partial charge in [0.1, 0.15) is 0 Å². The van der Waals surface area contributed by atoms with Gasteiger partial charge in [-0.15, -0.1) is 0 Å². The fraction of sp³-hybridized carbons (Fsp3) is 0.167. The molecular weight excluding hydrogens is 316 g/mol. The zero-order valence-electron chi connectivity index (χ0n) is 15.8. The monoisotopic (exact) mass is 340 g/mol. The summed E-state index contributed by atoms with van der Waals surface area (Å²) < 4.78 is 0. The van der Waals surface area contributed by atoms with E-state index < -0.39 is 0 Å². The van der Waals surface area contributed by atoms with Crippen molar-refractivity contribution in [1.29, 1.82) is 0 Å². The molecule has 0 spiro atoms. The molecule has 2 heteroatoms. The van der Waals surface area contributed by atoms with E-state index in [4.69, 9.17) is 0 Å². The van der Waals surface area contributed by atoms with E-state index in [0.717, 1.165) is 33.9 Å². The second-order valence-corrected chi connectivity index (χ2v) is 6.75. The van der Waals surface area contributed by atoms with Gasteiger partial charge in [0.15, 0.2) is 0 Å². The lowest BCUT2D eigenvalue weighted by Gasteiger charge is -2.00. The van der Waals surface area contributed by atoms with Gasteiger partial charge in [-0.1, -0.05) is 36.4 Å². The summed E-state index contributed by atoms with van der Waals surface area (Å²) >= 11 is 0. The van der Waals surface area contributed by atoms with Gasteiger partial charge < -0.3 is 0 Å². The maximum absolute atomic E-state index is 4.54. The number of nitrogens with zero attached hydrogens (tertiary/aromatic N) is 2. The minimum Gasteiger partial charge on any atom is -0.254 e. The first kappa shape index (κ1) is 17.8. The number of rotatable bonds is 4. The van der Waals surface area contributed by atoms with Crippen molar-refractivity contribution in [2.75, 3.05) is 0 Å². The molecule has 26 heavy (non-hydrogen) atoms. The van der Waals surface area contributed by atoms with E-state index in [9.17, 15) is 0 Å². The van der Waals surface area contributed by atoms with Gasteiger partial charge in [0.2, 0.25) is 0 Å². The summed E-state index contributed by atoms with van der Waals surface area (Å²) in [4.78, 5) is 9.08. The van der Waals surface area contributed by atoms with Crippen molar-refractivity contribution in [3.63, 3.8) is 0 Å². The number of hydrogen-bond acceptors (Lipinski definition) is 2. The fourth-order valence-corrected chi connectivity index (χ4v) is 3.00. The predicted molar refractivity (Wildman–Crippen MR) is 112 cm³/mol. The van der Waals surface area contributed by atoms with Crippen molar-refractivity contribution < 1.29 is 0 Å². The molecule has 2 aromatic heterocycles. The Morgan fingerprint density at radius 1 is 0.538 bits per heavy atom. The Morgan fingerprint density at radius 3 is 1.27 bits per heavy atom. The van der Waals surface area contributed by atoms with Gasteiger partial charge in [-0.3, -0.25) is 9.97 Å². The van der Waals surface area contributed by atoms with E-state index in [1.54, 1.807) is 0 Å². The molecule has 0 amide bonds. The van der Waals surface area contributed by atoms with Crippen LogP contribution in [0.4, 0.5) is 0 Å². The zero-order valence-corrected chi connectivity index (χ0v) is 15.8. The van der Waals surface area contributed by atoms with Gasteiger partial charge in [-0.2, -0.15) is 0 Å². The molecule has 130 valence electrons. The average molecular weight is 340 g/mol. The Kier molecular flexibility index (Phi) is 5.43. The van der Waals surface area contributed by atoms with E-state index in [-0.39, 0.29) is 0 Å².